The second-order valence-electron chi connectivity index (χ2n) is 5.09. The van der Waals surface area contributed by atoms with Crippen molar-refractivity contribution in [2.24, 2.45) is 5.92 Å². The minimum absolute atomic E-state index is 0.604. The van der Waals surface area contributed by atoms with Crippen LogP contribution in [0.2, 0.25) is 0 Å². The molecule has 0 saturated carbocycles. The van der Waals surface area contributed by atoms with Gasteiger partial charge in [-0.25, -0.2) is 8.42 Å². The molecule has 0 atom stereocenters. The highest BCUT2D eigenvalue weighted by Gasteiger charge is 2.17. The molecular weight excluding hydrogens is 238 g/mol. The third kappa shape index (κ3) is 13.8. The molecule has 0 aromatic rings. The van der Waals surface area contributed by atoms with Crippen LogP contribution in [0.4, 0.5) is 0 Å². The second kappa shape index (κ2) is 8.89. The van der Waals surface area contributed by atoms with Gasteiger partial charge in [-0.1, -0.05) is 20.3 Å². The maximum atomic E-state index is 9.08. The van der Waals surface area contributed by atoms with Crippen LogP contribution in [0.15, 0.2) is 0 Å². The zero-order valence-electron chi connectivity index (χ0n) is 11.4. The SMILES string of the molecule is CCCCC[NH+]1CCC(C)CC1.CS(=O)(=O)[O-]. The fourth-order valence-corrected chi connectivity index (χ4v) is 2.05. The first-order valence-electron chi connectivity index (χ1n) is 6.57. The minimum atomic E-state index is -3.92. The third-order valence-corrected chi connectivity index (χ3v) is 3.12. The van der Waals surface area contributed by atoms with Crippen molar-refractivity contribution in [3.05, 3.63) is 0 Å². The standard InChI is InChI=1S/C11H23N.CH4O3S/c1-3-4-5-8-12-9-6-11(2)7-10-12;1-5(2,3)4/h11H,3-10H2,1-2H3;1H3,(H,2,3,4). The van der Waals surface area contributed by atoms with Gasteiger partial charge in [0, 0.05) is 6.26 Å². The summed E-state index contributed by atoms with van der Waals surface area (Å²) in [6, 6.07) is 0. The minimum Gasteiger partial charge on any atom is -0.748 e. The molecule has 4 nitrogen and oxygen atoms in total. The van der Waals surface area contributed by atoms with Gasteiger partial charge < -0.3 is 9.45 Å². The number of nitrogens with one attached hydrogen (secondary N) is 1. The van der Waals surface area contributed by atoms with Crippen molar-refractivity contribution in [2.75, 3.05) is 25.9 Å². The van der Waals surface area contributed by atoms with E-state index >= 15 is 0 Å². The molecule has 0 aromatic heterocycles. The van der Waals surface area contributed by atoms with Crippen molar-refractivity contribution in [2.45, 2.75) is 46.0 Å². The summed E-state index contributed by atoms with van der Waals surface area (Å²) in [5, 5.41) is 0. The van der Waals surface area contributed by atoms with Crippen LogP contribution in [0.25, 0.3) is 0 Å². The van der Waals surface area contributed by atoms with Crippen LogP contribution in [0.1, 0.15) is 46.0 Å². The first-order valence-corrected chi connectivity index (χ1v) is 8.39. The molecular formula is C12H27NO3S. The summed E-state index contributed by atoms with van der Waals surface area (Å²) in [6.07, 6.45) is 7.76. The average molecular weight is 265 g/mol. The van der Waals surface area contributed by atoms with Gasteiger partial charge in [0.05, 0.1) is 29.8 Å². The van der Waals surface area contributed by atoms with E-state index in [-0.39, 0.29) is 0 Å². The molecule has 1 aliphatic heterocycles. The number of hydrogen-bond acceptors (Lipinski definition) is 3. The van der Waals surface area contributed by atoms with E-state index in [0.717, 1.165) is 5.92 Å². The maximum Gasteiger partial charge on any atom is 0.0916 e. The van der Waals surface area contributed by atoms with Crippen LogP contribution in [-0.2, 0) is 10.1 Å². The van der Waals surface area contributed by atoms with Gasteiger partial charge in [0.1, 0.15) is 0 Å². The number of unbranched alkanes of at least 4 members (excludes halogenated alkanes) is 2. The first kappa shape index (κ1) is 16.9. The maximum absolute atomic E-state index is 9.08. The Bertz CT molecular complexity index is 261. The van der Waals surface area contributed by atoms with E-state index in [4.69, 9.17) is 13.0 Å². The highest BCUT2D eigenvalue weighted by atomic mass is 32.2. The lowest BCUT2D eigenvalue weighted by atomic mass is 9.99. The van der Waals surface area contributed by atoms with Gasteiger partial charge in [-0.15, -0.1) is 0 Å². The van der Waals surface area contributed by atoms with Crippen LogP contribution in [0, 0.1) is 5.92 Å². The predicted molar refractivity (Wildman–Crippen MR) is 69.1 cm³/mol. The highest BCUT2D eigenvalue weighted by molar-refractivity contribution is 7.84. The molecule has 1 heterocycles. The van der Waals surface area contributed by atoms with Crippen molar-refractivity contribution in [3.63, 3.8) is 0 Å². The molecule has 0 aromatic carbocycles. The monoisotopic (exact) mass is 265 g/mol. The van der Waals surface area contributed by atoms with E-state index in [1.54, 1.807) is 0 Å². The molecule has 0 spiro atoms. The predicted octanol–water partition coefficient (Wildman–Crippen LogP) is 0.653. The average Bonchev–Trinajstić information content (AvgIpc) is 2.19. The van der Waals surface area contributed by atoms with Gasteiger partial charge in [-0.05, 0) is 31.6 Å². The van der Waals surface area contributed by atoms with Crippen molar-refractivity contribution in [3.8, 4) is 0 Å². The van der Waals surface area contributed by atoms with Crippen molar-refractivity contribution >= 4 is 10.1 Å². The molecule has 1 saturated heterocycles. The van der Waals surface area contributed by atoms with E-state index in [1.165, 1.54) is 51.7 Å². The van der Waals surface area contributed by atoms with Crippen molar-refractivity contribution in [1.82, 2.24) is 0 Å². The summed E-state index contributed by atoms with van der Waals surface area (Å²) in [6.45, 7) is 8.98. The summed E-state index contributed by atoms with van der Waals surface area (Å²) >= 11 is 0. The van der Waals surface area contributed by atoms with Gasteiger partial charge in [-0.3, -0.25) is 0 Å². The van der Waals surface area contributed by atoms with Crippen LogP contribution < -0.4 is 4.90 Å². The topological polar surface area (TPSA) is 61.6 Å². The molecule has 0 aliphatic carbocycles. The molecule has 0 amide bonds. The van der Waals surface area contributed by atoms with E-state index in [2.05, 4.69) is 13.8 Å². The van der Waals surface area contributed by atoms with Crippen LogP contribution in [0.5, 0.6) is 0 Å². The summed E-state index contributed by atoms with van der Waals surface area (Å²) in [5.41, 5.74) is 0. The molecule has 1 aliphatic rings. The molecule has 17 heavy (non-hydrogen) atoms. The fourth-order valence-electron chi connectivity index (χ4n) is 2.05. The summed E-state index contributed by atoms with van der Waals surface area (Å²) < 4.78 is 27.2. The van der Waals surface area contributed by atoms with E-state index in [0.29, 0.717) is 6.26 Å². The Hall–Kier alpha value is -0.130. The number of piperidine rings is 1. The second-order valence-corrected chi connectivity index (χ2v) is 6.50. The zero-order chi connectivity index (χ0) is 13.3. The Morgan fingerprint density at radius 3 is 2.12 bits per heavy atom. The van der Waals surface area contributed by atoms with E-state index in [1.807, 2.05) is 4.90 Å². The van der Waals surface area contributed by atoms with Crippen molar-refractivity contribution in [1.29, 1.82) is 0 Å². The van der Waals surface area contributed by atoms with Gasteiger partial charge in [0.25, 0.3) is 0 Å². The summed E-state index contributed by atoms with van der Waals surface area (Å²) in [7, 11) is -3.92. The largest absolute Gasteiger partial charge is 0.748 e. The molecule has 104 valence electrons. The lowest BCUT2D eigenvalue weighted by Gasteiger charge is -2.27. The van der Waals surface area contributed by atoms with Crippen LogP contribution in [-0.4, -0.2) is 38.9 Å². The Balaban J connectivity index is 0.000000437. The lowest BCUT2D eigenvalue weighted by molar-refractivity contribution is -0.906. The summed E-state index contributed by atoms with van der Waals surface area (Å²) in [5.74, 6) is 1.000. The number of quaternary nitrogens is 1. The number of rotatable bonds is 4. The Kier molecular flexibility index (Phi) is 8.82. The molecule has 1 N–H and O–H groups in total. The van der Waals surface area contributed by atoms with Gasteiger partial charge in [-0.2, -0.15) is 0 Å². The Morgan fingerprint density at radius 2 is 1.71 bits per heavy atom. The van der Waals surface area contributed by atoms with E-state index < -0.39 is 10.1 Å². The molecule has 1 rings (SSSR count). The normalized spacial score (nSPS) is 24.9. The first-order chi connectivity index (χ1) is 7.83. The molecule has 0 radical (unpaired) electrons. The van der Waals surface area contributed by atoms with Gasteiger partial charge >= 0.3 is 0 Å². The lowest BCUT2D eigenvalue weighted by Crippen LogP contribution is -3.13. The number of likely N-dealkylation sites (tertiary alicyclic amines) is 1. The highest BCUT2D eigenvalue weighted by Crippen LogP contribution is 2.06. The fraction of sp³-hybridized carbons (Fsp3) is 1.00. The van der Waals surface area contributed by atoms with Crippen LogP contribution in [0.3, 0.4) is 0 Å². The smallest absolute Gasteiger partial charge is 0.0916 e. The van der Waals surface area contributed by atoms with Crippen LogP contribution >= 0.6 is 0 Å². The van der Waals surface area contributed by atoms with Gasteiger partial charge in [0.15, 0.2) is 0 Å². The Labute approximate surface area is 106 Å². The quantitative estimate of drug-likeness (QED) is 0.600. The molecule has 5 heteroatoms. The molecule has 0 unspecified atom stereocenters. The summed E-state index contributed by atoms with van der Waals surface area (Å²) in [4.78, 5) is 1.86. The van der Waals surface area contributed by atoms with E-state index in [9.17, 15) is 0 Å². The Morgan fingerprint density at radius 1 is 1.24 bits per heavy atom. The number of hydrogen-bond donors (Lipinski definition) is 1. The van der Waals surface area contributed by atoms with Crippen molar-refractivity contribution < 1.29 is 17.9 Å². The third-order valence-electron chi connectivity index (χ3n) is 3.12. The molecule has 0 bridgehead atoms. The van der Waals surface area contributed by atoms with Gasteiger partial charge in [0.2, 0.25) is 0 Å². The molecule has 1 fully saturated rings. The zero-order valence-corrected chi connectivity index (χ0v) is 12.2.